The number of nitrogens with one attached hydrogen (secondary N) is 1. The summed E-state index contributed by atoms with van der Waals surface area (Å²) >= 11 is 0.269. The van der Waals surface area contributed by atoms with Crippen LogP contribution in [0.15, 0.2) is 71.6 Å². The van der Waals surface area contributed by atoms with Crippen LogP contribution in [-0.2, 0) is 33.4 Å². The highest BCUT2D eigenvalue weighted by Gasteiger charge is 2.58. The monoisotopic (exact) mass is 589 g/mol. The van der Waals surface area contributed by atoms with Crippen LogP contribution in [0.2, 0.25) is 0 Å². The third-order valence-corrected chi connectivity index (χ3v) is 9.88. The maximum atomic E-state index is 13.6. The van der Waals surface area contributed by atoms with Crippen molar-refractivity contribution < 1.29 is 49.1 Å². The van der Waals surface area contributed by atoms with Crippen LogP contribution in [0.1, 0.15) is 16.7 Å². The Morgan fingerprint density at radius 3 is 1.79 bits per heavy atom. The van der Waals surface area contributed by atoms with E-state index >= 15 is 0 Å². The topological polar surface area (TPSA) is 89.5 Å². The number of ether oxygens (including phenoxy) is 1. The zero-order valence-electron chi connectivity index (χ0n) is 19.7. The summed E-state index contributed by atoms with van der Waals surface area (Å²) < 4.78 is 109. The SMILES string of the molecule is COc1ccc(S(=O)(=O)C2(Cc3ccc(-c4cc(C(F)(F)F)cc(C(F)(F)F)c4)cc3)SC(=O)NC2=O)cc1. The number of thioether (sulfide) groups is 1. The van der Waals surface area contributed by atoms with Crippen LogP contribution in [0, 0.1) is 0 Å². The summed E-state index contributed by atoms with van der Waals surface area (Å²) in [7, 11) is -3.12. The van der Waals surface area contributed by atoms with Gasteiger partial charge in [0.2, 0.25) is 13.9 Å². The van der Waals surface area contributed by atoms with Crippen LogP contribution in [0.25, 0.3) is 11.1 Å². The number of carbonyl (C=O) groups excluding carboxylic acids is 2. The molecule has 1 heterocycles. The van der Waals surface area contributed by atoms with Crippen molar-refractivity contribution in [2.75, 3.05) is 7.11 Å². The average Bonchev–Trinajstić information content (AvgIpc) is 3.17. The van der Waals surface area contributed by atoms with Crippen LogP contribution in [-0.4, -0.2) is 30.8 Å². The summed E-state index contributed by atoms with van der Waals surface area (Å²) in [5, 5.41) is 1.08. The van der Waals surface area contributed by atoms with E-state index in [2.05, 4.69) is 0 Å². The van der Waals surface area contributed by atoms with E-state index in [1.807, 2.05) is 5.32 Å². The molecule has 1 fully saturated rings. The van der Waals surface area contributed by atoms with Gasteiger partial charge >= 0.3 is 12.4 Å². The number of halogens is 6. The van der Waals surface area contributed by atoms with Gasteiger partial charge in [0.1, 0.15) is 5.75 Å². The molecule has 1 atom stereocenters. The van der Waals surface area contributed by atoms with Gasteiger partial charge in [0, 0.05) is 6.42 Å². The normalized spacial score (nSPS) is 18.2. The van der Waals surface area contributed by atoms with E-state index in [0.29, 0.717) is 17.9 Å². The van der Waals surface area contributed by atoms with E-state index in [1.54, 1.807) is 0 Å². The number of hydrogen-bond donors (Lipinski definition) is 1. The van der Waals surface area contributed by atoms with Gasteiger partial charge in [-0.25, -0.2) is 8.42 Å². The quantitative estimate of drug-likeness (QED) is 0.350. The highest BCUT2D eigenvalue weighted by molar-refractivity contribution is 8.25. The first-order valence-electron chi connectivity index (χ1n) is 10.9. The molecule has 39 heavy (non-hydrogen) atoms. The maximum Gasteiger partial charge on any atom is 0.416 e. The van der Waals surface area contributed by atoms with Gasteiger partial charge in [-0.05, 0) is 70.9 Å². The van der Waals surface area contributed by atoms with E-state index in [0.717, 1.165) is 0 Å². The first-order chi connectivity index (χ1) is 18.1. The van der Waals surface area contributed by atoms with E-state index in [9.17, 15) is 44.3 Å². The summed E-state index contributed by atoms with van der Waals surface area (Å²) in [5.41, 5.74) is -3.16. The van der Waals surface area contributed by atoms with Gasteiger partial charge in [-0.1, -0.05) is 24.3 Å². The lowest BCUT2D eigenvalue weighted by molar-refractivity contribution is -0.143. The van der Waals surface area contributed by atoms with Crippen LogP contribution in [0.4, 0.5) is 31.1 Å². The molecule has 0 radical (unpaired) electrons. The molecule has 0 aromatic heterocycles. The Bertz CT molecular complexity index is 1500. The molecule has 1 aliphatic heterocycles. The van der Waals surface area contributed by atoms with E-state index in [1.165, 1.54) is 55.6 Å². The van der Waals surface area contributed by atoms with Crippen molar-refractivity contribution in [3.8, 4) is 16.9 Å². The fourth-order valence-electron chi connectivity index (χ4n) is 3.95. The number of imide groups is 1. The van der Waals surface area contributed by atoms with Gasteiger partial charge in [0.15, 0.2) is 0 Å². The average molecular weight is 590 g/mol. The number of sulfone groups is 1. The molecule has 6 nitrogen and oxygen atoms in total. The first-order valence-corrected chi connectivity index (χ1v) is 13.2. The lowest BCUT2D eigenvalue weighted by atomic mass is 9.97. The number of hydrogen-bond acceptors (Lipinski definition) is 6. The van der Waals surface area contributed by atoms with Crippen molar-refractivity contribution in [2.45, 2.75) is 27.7 Å². The Hall–Kier alpha value is -3.52. The van der Waals surface area contributed by atoms with Crippen LogP contribution in [0.3, 0.4) is 0 Å². The van der Waals surface area contributed by atoms with Crippen molar-refractivity contribution >= 4 is 32.7 Å². The number of benzene rings is 3. The van der Waals surface area contributed by atoms with Crippen molar-refractivity contribution in [1.82, 2.24) is 5.32 Å². The minimum Gasteiger partial charge on any atom is -0.497 e. The summed E-state index contributed by atoms with van der Waals surface area (Å²) in [4.78, 5) is 24.6. The molecule has 1 N–H and O–H groups in total. The lowest BCUT2D eigenvalue weighted by Crippen LogP contribution is -2.45. The molecule has 0 aliphatic carbocycles. The van der Waals surface area contributed by atoms with Crippen LogP contribution >= 0.6 is 11.8 Å². The molecule has 206 valence electrons. The molecule has 1 saturated heterocycles. The third-order valence-electron chi connectivity index (χ3n) is 5.93. The minimum atomic E-state index is -5.03. The summed E-state index contributed by atoms with van der Waals surface area (Å²) in [6.07, 6.45) is -10.6. The maximum absolute atomic E-state index is 13.6. The van der Waals surface area contributed by atoms with Crippen molar-refractivity contribution in [1.29, 1.82) is 0 Å². The molecule has 14 heteroatoms. The van der Waals surface area contributed by atoms with Crippen LogP contribution < -0.4 is 10.1 Å². The lowest BCUT2D eigenvalue weighted by Gasteiger charge is -2.24. The summed E-state index contributed by atoms with van der Waals surface area (Å²) in [6.45, 7) is 0. The molecular formula is C25H17F6NO5S2. The highest BCUT2D eigenvalue weighted by Crippen LogP contribution is 2.44. The van der Waals surface area contributed by atoms with Crippen molar-refractivity contribution in [3.05, 3.63) is 83.4 Å². The number of alkyl halides is 6. The Labute approximate surface area is 222 Å². The highest BCUT2D eigenvalue weighted by atomic mass is 32.3. The molecule has 0 bridgehead atoms. The second-order valence-corrected chi connectivity index (χ2v) is 12.1. The van der Waals surface area contributed by atoms with Crippen molar-refractivity contribution in [2.24, 2.45) is 0 Å². The Morgan fingerprint density at radius 2 is 1.36 bits per heavy atom. The van der Waals surface area contributed by atoms with Crippen LogP contribution in [0.5, 0.6) is 5.75 Å². The van der Waals surface area contributed by atoms with Gasteiger partial charge in [-0.3, -0.25) is 14.9 Å². The molecule has 0 spiro atoms. The third kappa shape index (κ3) is 5.48. The molecule has 0 saturated carbocycles. The summed E-state index contributed by atoms with van der Waals surface area (Å²) in [5.74, 6) is -0.730. The van der Waals surface area contributed by atoms with E-state index < -0.39 is 55.0 Å². The number of carbonyl (C=O) groups is 2. The second kappa shape index (κ2) is 9.90. The van der Waals surface area contributed by atoms with Gasteiger partial charge in [0.05, 0.1) is 23.1 Å². The number of amides is 2. The Kier molecular flexibility index (Phi) is 7.23. The molecule has 1 unspecified atom stereocenters. The number of methoxy groups -OCH3 is 1. The molecule has 3 aromatic carbocycles. The van der Waals surface area contributed by atoms with E-state index in [-0.39, 0.29) is 39.4 Å². The largest absolute Gasteiger partial charge is 0.497 e. The van der Waals surface area contributed by atoms with Gasteiger partial charge in [-0.15, -0.1) is 0 Å². The fourth-order valence-corrected chi connectivity index (χ4v) is 7.26. The van der Waals surface area contributed by atoms with E-state index in [4.69, 9.17) is 4.74 Å². The Balaban J connectivity index is 1.73. The van der Waals surface area contributed by atoms with Gasteiger partial charge < -0.3 is 4.74 Å². The molecule has 4 rings (SSSR count). The summed E-state index contributed by atoms with van der Waals surface area (Å²) in [6, 6.07) is 11.2. The first kappa shape index (κ1) is 28.5. The van der Waals surface area contributed by atoms with Crippen molar-refractivity contribution in [3.63, 3.8) is 0 Å². The molecule has 1 aliphatic rings. The minimum absolute atomic E-state index is 0.0120. The fraction of sp³-hybridized carbons (Fsp3) is 0.200. The number of rotatable bonds is 6. The second-order valence-electron chi connectivity index (χ2n) is 8.44. The van der Waals surface area contributed by atoms with Gasteiger partial charge in [-0.2, -0.15) is 26.3 Å². The predicted molar refractivity (Wildman–Crippen MR) is 130 cm³/mol. The Morgan fingerprint density at radius 1 is 0.821 bits per heavy atom. The smallest absolute Gasteiger partial charge is 0.416 e. The van der Waals surface area contributed by atoms with Gasteiger partial charge in [0.25, 0.3) is 11.1 Å². The molecule has 2 amide bonds. The zero-order chi connectivity index (χ0) is 28.8. The molecular weight excluding hydrogens is 572 g/mol. The predicted octanol–water partition coefficient (Wildman–Crippen LogP) is 6.10. The standard InChI is InChI=1S/C25H17F6NO5S2/c1-37-19-6-8-20(9-7-19)39(35,36)23(21(33)32-22(34)38-23)13-14-2-4-15(5-3-14)16-10-17(24(26,27)28)12-18(11-16)25(29,30)31/h2-12H,13H2,1H3,(H,32,33,34). The molecule has 3 aromatic rings. The zero-order valence-corrected chi connectivity index (χ0v) is 21.3.